The van der Waals surface area contributed by atoms with Gasteiger partial charge in [0, 0.05) is 13.1 Å². The van der Waals surface area contributed by atoms with Crippen LogP contribution in [-0.4, -0.2) is 18.7 Å². The van der Waals surface area contributed by atoms with Gasteiger partial charge >= 0.3 is 0 Å². The first-order valence-electron chi connectivity index (χ1n) is 7.63. The zero-order chi connectivity index (χ0) is 13.3. The lowest BCUT2D eigenvalue weighted by atomic mass is 9.78. The van der Waals surface area contributed by atoms with Crippen LogP contribution in [0.5, 0.6) is 0 Å². The average Bonchev–Trinajstić information content (AvgIpc) is 2.43. The van der Waals surface area contributed by atoms with Crippen LogP contribution in [0.1, 0.15) is 49.8 Å². The van der Waals surface area contributed by atoms with E-state index >= 15 is 0 Å². The van der Waals surface area contributed by atoms with E-state index in [-0.39, 0.29) is 11.7 Å². The lowest BCUT2D eigenvalue weighted by Gasteiger charge is -2.45. The largest absolute Gasteiger partial charge is 0.364 e. The van der Waals surface area contributed by atoms with Crippen molar-refractivity contribution < 1.29 is 4.74 Å². The summed E-state index contributed by atoms with van der Waals surface area (Å²) in [6, 6.07) is 8.62. The molecule has 1 aliphatic heterocycles. The first kappa shape index (κ1) is 13.1. The van der Waals surface area contributed by atoms with Crippen LogP contribution in [0.3, 0.4) is 0 Å². The molecule has 2 aliphatic rings. The number of hydrogen-bond donors (Lipinski definition) is 1. The molecular weight excluding hydrogens is 234 g/mol. The van der Waals surface area contributed by atoms with Crippen molar-refractivity contribution in [2.24, 2.45) is 5.92 Å². The molecule has 0 amide bonds. The molecule has 1 saturated heterocycles. The molecular formula is C17H25NO. The maximum absolute atomic E-state index is 6.57. The van der Waals surface area contributed by atoms with Crippen molar-refractivity contribution in [3.8, 4) is 0 Å². The zero-order valence-corrected chi connectivity index (χ0v) is 12.1. The van der Waals surface area contributed by atoms with Gasteiger partial charge in [-0.15, -0.1) is 0 Å². The van der Waals surface area contributed by atoms with Gasteiger partial charge in [0.05, 0.1) is 11.7 Å². The molecule has 0 radical (unpaired) electrons. The fourth-order valence-electron chi connectivity index (χ4n) is 3.52. The zero-order valence-electron chi connectivity index (χ0n) is 12.1. The van der Waals surface area contributed by atoms with E-state index in [1.165, 1.54) is 36.8 Å². The van der Waals surface area contributed by atoms with E-state index in [9.17, 15) is 0 Å². The minimum Gasteiger partial charge on any atom is -0.364 e. The highest BCUT2D eigenvalue weighted by Gasteiger charge is 2.40. The Morgan fingerprint density at radius 2 is 1.95 bits per heavy atom. The highest BCUT2D eigenvalue weighted by molar-refractivity contribution is 5.28. The van der Waals surface area contributed by atoms with E-state index in [0.29, 0.717) is 0 Å². The summed E-state index contributed by atoms with van der Waals surface area (Å²) < 4.78 is 6.57. The van der Waals surface area contributed by atoms with Gasteiger partial charge in [-0.05, 0) is 49.7 Å². The molecule has 2 fully saturated rings. The van der Waals surface area contributed by atoms with Crippen molar-refractivity contribution in [1.29, 1.82) is 0 Å². The van der Waals surface area contributed by atoms with Gasteiger partial charge in [-0.2, -0.15) is 0 Å². The molecule has 19 heavy (non-hydrogen) atoms. The normalized spacial score (nSPS) is 35.5. The standard InChI is InChI=1S/C17H25NO/c1-13-7-9-17(10-8-13)12-18-11-16(19-17)15-6-4-3-5-14(15)2/h3-6,13,16,18H,7-12H2,1-2H3. The third kappa shape index (κ3) is 2.70. The monoisotopic (exact) mass is 259 g/mol. The van der Waals surface area contributed by atoms with Gasteiger partial charge in [0.1, 0.15) is 0 Å². The minimum atomic E-state index is 0.0949. The average molecular weight is 259 g/mol. The molecule has 104 valence electrons. The molecule has 1 unspecified atom stereocenters. The van der Waals surface area contributed by atoms with Crippen LogP contribution in [-0.2, 0) is 4.74 Å². The SMILES string of the molecule is Cc1ccccc1C1CNCC2(CCC(C)CC2)O1. The molecule has 0 bridgehead atoms. The van der Waals surface area contributed by atoms with Gasteiger partial charge in [0.15, 0.2) is 0 Å². The Morgan fingerprint density at radius 1 is 1.21 bits per heavy atom. The molecule has 1 aliphatic carbocycles. The summed E-state index contributed by atoms with van der Waals surface area (Å²) in [6.45, 7) is 6.52. The smallest absolute Gasteiger partial charge is 0.0959 e. The first-order valence-corrected chi connectivity index (χ1v) is 7.63. The molecule has 1 spiro atoms. The van der Waals surface area contributed by atoms with Crippen LogP contribution < -0.4 is 5.32 Å². The number of hydrogen-bond acceptors (Lipinski definition) is 2. The second kappa shape index (κ2) is 5.26. The molecule has 2 nitrogen and oxygen atoms in total. The summed E-state index contributed by atoms with van der Waals surface area (Å²) in [5.41, 5.74) is 2.79. The molecule has 3 rings (SSSR count). The summed E-state index contributed by atoms with van der Waals surface area (Å²) >= 11 is 0. The molecule has 1 aromatic carbocycles. The van der Waals surface area contributed by atoms with E-state index in [2.05, 4.69) is 43.4 Å². The molecule has 0 aromatic heterocycles. The lowest BCUT2D eigenvalue weighted by Crippen LogP contribution is -2.52. The van der Waals surface area contributed by atoms with Crippen molar-refractivity contribution >= 4 is 0 Å². The highest BCUT2D eigenvalue weighted by Crippen LogP contribution is 2.40. The second-order valence-electron chi connectivity index (χ2n) is 6.46. The third-order valence-electron chi connectivity index (χ3n) is 4.89. The molecule has 1 N–H and O–H groups in total. The second-order valence-corrected chi connectivity index (χ2v) is 6.46. The van der Waals surface area contributed by atoms with Gasteiger partial charge in [0.2, 0.25) is 0 Å². The van der Waals surface area contributed by atoms with Crippen LogP contribution in [0.15, 0.2) is 24.3 Å². The van der Waals surface area contributed by atoms with E-state index < -0.39 is 0 Å². The molecule has 1 aromatic rings. The number of benzene rings is 1. The van der Waals surface area contributed by atoms with Gasteiger partial charge in [-0.25, -0.2) is 0 Å². The first-order chi connectivity index (χ1) is 9.19. The van der Waals surface area contributed by atoms with E-state index in [4.69, 9.17) is 4.74 Å². The number of rotatable bonds is 1. The van der Waals surface area contributed by atoms with Gasteiger partial charge in [-0.1, -0.05) is 31.2 Å². The molecule has 1 heterocycles. The Labute approximate surface area is 116 Å². The number of nitrogens with one attached hydrogen (secondary N) is 1. The van der Waals surface area contributed by atoms with Crippen molar-refractivity contribution in [2.45, 2.75) is 51.2 Å². The maximum Gasteiger partial charge on any atom is 0.0959 e. The van der Waals surface area contributed by atoms with Crippen molar-refractivity contribution in [2.75, 3.05) is 13.1 Å². The van der Waals surface area contributed by atoms with Crippen LogP contribution >= 0.6 is 0 Å². The summed E-state index contributed by atoms with van der Waals surface area (Å²) in [5.74, 6) is 0.869. The van der Waals surface area contributed by atoms with Crippen molar-refractivity contribution in [1.82, 2.24) is 5.32 Å². The summed E-state index contributed by atoms with van der Waals surface area (Å²) in [4.78, 5) is 0. The van der Waals surface area contributed by atoms with Gasteiger partial charge in [-0.3, -0.25) is 0 Å². The summed E-state index contributed by atoms with van der Waals surface area (Å²) in [5, 5.41) is 3.61. The van der Waals surface area contributed by atoms with Crippen LogP contribution in [0.4, 0.5) is 0 Å². The Hall–Kier alpha value is -0.860. The van der Waals surface area contributed by atoms with Crippen molar-refractivity contribution in [3.63, 3.8) is 0 Å². The number of aryl methyl sites for hydroxylation is 1. The molecule has 1 saturated carbocycles. The maximum atomic E-state index is 6.57. The topological polar surface area (TPSA) is 21.3 Å². The predicted octanol–water partition coefficient (Wildman–Crippen LogP) is 3.60. The quantitative estimate of drug-likeness (QED) is 0.832. The lowest BCUT2D eigenvalue weighted by molar-refractivity contribution is -0.140. The van der Waals surface area contributed by atoms with Crippen LogP contribution in [0.2, 0.25) is 0 Å². The van der Waals surface area contributed by atoms with Crippen molar-refractivity contribution in [3.05, 3.63) is 35.4 Å². The number of morpholine rings is 1. The third-order valence-corrected chi connectivity index (χ3v) is 4.89. The van der Waals surface area contributed by atoms with E-state index in [0.717, 1.165) is 19.0 Å². The Bertz CT molecular complexity index is 435. The number of ether oxygens (including phenoxy) is 1. The van der Waals surface area contributed by atoms with Gasteiger partial charge < -0.3 is 10.1 Å². The molecule has 1 atom stereocenters. The Morgan fingerprint density at radius 3 is 2.68 bits per heavy atom. The van der Waals surface area contributed by atoms with E-state index in [1.54, 1.807) is 0 Å². The summed E-state index contributed by atoms with van der Waals surface area (Å²) in [7, 11) is 0. The fourth-order valence-corrected chi connectivity index (χ4v) is 3.52. The van der Waals surface area contributed by atoms with Crippen LogP contribution in [0.25, 0.3) is 0 Å². The minimum absolute atomic E-state index is 0.0949. The predicted molar refractivity (Wildman–Crippen MR) is 78.2 cm³/mol. The van der Waals surface area contributed by atoms with E-state index in [1.807, 2.05) is 0 Å². The van der Waals surface area contributed by atoms with Gasteiger partial charge in [0.25, 0.3) is 0 Å². The Balaban J connectivity index is 1.77. The Kier molecular flexibility index (Phi) is 3.64. The molecule has 2 heteroatoms. The highest BCUT2D eigenvalue weighted by atomic mass is 16.5. The van der Waals surface area contributed by atoms with Crippen LogP contribution in [0, 0.1) is 12.8 Å². The summed E-state index contributed by atoms with van der Waals surface area (Å²) in [6.07, 6.45) is 5.26. The fraction of sp³-hybridized carbons (Fsp3) is 0.647.